The van der Waals surface area contributed by atoms with Crippen LogP contribution in [0, 0.1) is 5.92 Å². The molecule has 1 amide bonds. The first-order valence-corrected chi connectivity index (χ1v) is 7.84. The molecule has 2 heterocycles. The lowest BCUT2D eigenvalue weighted by Crippen LogP contribution is -2.19. The molecule has 1 aliphatic rings. The van der Waals surface area contributed by atoms with Gasteiger partial charge in [-0.1, -0.05) is 19.3 Å². The van der Waals surface area contributed by atoms with Crippen molar-refractivity contribution in [1.82, 2.24) is 9.55 Å². The molecular formula is C17H21N3O2. The van der Waals surface area contributed by atoms with Crippen LogP contribution in [-0.4, -0.2) is 15.5 Å². The molecule has 22 heavy (non-hydrogen) atoms. The van der Waals surface area contributed by atoms with Crippen LogP contribution in [0.25, 0.3) is 0 Å². The second-order valence-electron chi connectivity index (χ2n) is 5.93. The van der Waals surface area contributed by atoms with Crippen molar-refractivity contribution in [3.63, 3.8) is 0 Å². The smallest absolute Gasteiger partial charge is 0.272 e. The van der Waals surface area contributed by atoms with E-state index in [0.29, 0.717) is 11.4 Å². The summed E-state index contributed by atoms with van der Waals surface area (Å²) in [6.07, 6.45) is 10.2. The van der Waals surface area contributed by atoms with Crippen LogP contribution >= 0.6 is 0 Å². The Morgan fingerprint density at radius 1 is 1.45 bits per heavy atom. The molecule has 2 aromatic heterocycles. The first-order chi connectivity index (χ1) is 10.7. The number of carbonyl (C=O) groups is 1. The van der Waals surface area contributed by atoms with Crippen molar-refractivity contribution < 1.29 is 4.79 Å². The fourth-order valence-corrected chi connectivity index (χ4v) is 2.72. The van der Waals surface area contributed by atoms with Gasteiger partial charge in [-0.2, -0.15) is 0 Å². The molecule has 1 saturated carbocycles. The van der Waals surface area contributed by atoms with E-state index in [1.54, 1.807) is 12.4 Å². The van der Waals surface area contributed by atoms with E-state index >= 15 is 0 Å². The van der Waals surface area contributed by atoms with Crippen LogP contribution in [-0.2, 0) is 13.0 Å². The number of aromatic amines is 1. The van der Waals surface area contributed by atoms with E-state index in [1.807, 2.05) is 23.8 Å². The standard InChI is InChI=1S/C17H21N3O2/c1-2-20-7-6-16(21)15(11-20)19-17(22)14-9-13(10-18-14)8-12-4-3-5-12/h6-7,9-12,18H,2-5,8H2,1H3,(H,19,22). The van der Waals surface area contributed by atoms with Gasteiger partial charge in [-0.25, -0.2) is 0 Å². The average molecular weight is 299 g/mol. The van der Waals surface area contributed by atoms with Crippen molar-refractivity contribution in [3.8, 4) is 0 Å². The molecule has 116 valence electrons. The minimum Gasteiger partial charge on any atom is -0.357 e. The Kier molecular flexibility index (Phi) is 4.13. The van der Waals surface area contributed by atoms with Crippen molar-refractivity contribution in [1.29, 1.82) is 0 Å². The van der Waals surface area contributed by atoms with Crippen LogP contribution in [0.3, 0.4) is 0 Å². The summed E-state index contributed by atoms with van der Waals surface area (Å²) in [7, 11) is 0. The van der Waals surface area contributed by atoms with Gasteiger partial charge in [-0.05, 0) is 30.9 Å². The number of hydrogen-bond acceptors (Lipinski definition) is 2. The molecule has 2 N–H and O–H groups in total. The Morgan fingerprint density at radius 3 is 2.95 bits per heavy atom. The molecule has 2 aromatic rings. The van der Waals surface area contributed by atoms with E-state index in [4.69, 9.17) is 0 Å². The van der Waals surface area contributed by atoms with E-state index in [0.717, 1.165) is 24.4 Å². The number of nitrogens with one attached hydrogen (secondary N) is 2. The minimum atomic E-state index is -0.272. The maximum atomic E-state index is 12.3. The lowest BCUT2D eigenvalue weighted by Gasteiger charge is -2.24. The number of anilines is 1. The fraction of sp³-hybridized carbons (Fsp3) is 0.412. The number of H-pyrrole nitrogens is 1. The summed E-state index contributed by atoms with van der Waals surface area (Å²) in [5.41, 5.74) is 1.79. The highest BCUT2D eigenvalue weighted by Crippen LogP contribution is 2.29. The molecule has 0 unspecified atom stereocenters. The van der Waals surface area contributed by atoms with Gasteiger partial charge in [0.15, 0.2) is 0 Å². The van der Waals surface area contributed by atoms with Gasteiger partial charge in [0.1, 0.15) is 11.4 Å². The van der Waals surface area contributed by atoms with E-state index in [9.17, 15) is 9.59 Å². The van der Waals surface area contributed by atoms with Gasteiger partial charge in [0.05, 0.1) is 0 Å². The normalized spacial score (nSPS) is 14.6. The zero-order chi connectivity index (χ0) is 15.5. The van der Waals surface area contributed by atoms with Gasteiger partial charge >= 0.3 is 0 Å². The number of aryl methyl sites for hydroxylation is 1. The fourth-order valence-electron chi connectivity index (χ4n) is 2.72. The first-order valence-electron chi connectivity index (χ1n) is 7.84. The highest BCUT2D eigenvalue weighted by molar-refractivity contribution is 6.02. The summed E-state index contributed by atoms with van der Waals surface area (Å²) in [5.74, 6) is 0.489. The zero-order valence-corrected chi connectivity index (χ0v) is 12.8. The van der Waals surface area contributed by atoms with Gasteiger partial charge in [0.2, 0.25) is 5.43 Å². The van der Waals surface area contributed by atoms with Crippen molar-refractivity contribution in [2.45, 2.75) is 39.2 Å². The number of aromatic nitrogens is 2. The van der Waals surface area contributed by atoms with E-state index in [1.165, 1.54) is 25.3 Å². The largest absolute Gasteiger partial charge is 0.357 e. The number of carbonyl (C=O) groups excluding carboxylic acids is 1. The summed E-state index contributed by atoms with van der Waals surface area (Å²) >= 11 is 0. The van der Waals surface area contributed by atoms with Crippen LogP contribution < -0.4 is 10.7 Å². The van der Waals surface area contributed by atoms with Gasteiger partial charge in [-0.15, -0.1) is 0 Å². The molecular weight excluding hydrogens is 278 g/mol. The molecule has 1 fully saturated rings. The quantitative estimate of drug-likeness (QED) is 0.891. The molecule has 0 aliphatic heterocycles. The number of rotatable bonds is 5. The second-order valence-corrected chi connectivity index (χ2v) is 5.93. The lowest BCUT2D eigenvalue weighted by molar-refractivity contribution is 0.102. The minimum absolute atomic E-state index is 0.181. The van der Waals surface area contributed by atoms with E-state index in [-0.39, 0.29) is 11.3 Å². The first kappa shape index (κ1) is 14.6. The van der Waals surface area contributed by atoms with Crippen molar-refractivity contribution >= 4 is 11.6 Å². The number of nitrogens with zero attached hydrogens (tertiary/aromatic N) is 1. The molecule has 0 radical (unpaired) electrons. The lowest BCUT2D eigenvalue weighted by atomic mass is 9.81. The molecule has 5 heteroatoms. The summed E-state index contributed by atoms with van der Waals surface area (Å²) in [5, 5.41) is 2.69. The second kappa shape index (κ2) is 6.22. The summed E-state index contributed by atoms with van der Waals surface area (Å²) in [6, 6.07) is 3.35. The molecule has 5 nitrogen and oxygen atoms in total. The number of pyridine rings is 1. The molecule has 0 aromatic carbocycles. The van der Waals surface area contributed by atoms with Crippen LogP contribution in [0.1, 0.15) is 42.2 Å². The molecule has 1 aliphatic carbocycles. The zero-order valence-electron chi connectivity index (χ0n) is 12.8. The van der Waals surface area contributed by atoms with Gasteiger partial charge in [0, 0.05) is 31.2 Å². The summed E-state index contributed by atoms with van der Waals surface area (Å²) in [6.45, 7) is 2.73. The number of hydrogen-bond donors (Lipinski definition) is 2. The Hall–Kier alpha value is -2.30. The Labute approximate surface area is 129 Å². The predicted octanol–water partition coefficient (Wildman–Crippen LogP) is 2.79. The van der Waals surface area contributed by atoms with Crippen molar-refractivity contribution in [2.75, 3.05) is 5.32 Å². The Morgan fingerprint density at radius 2 is 2.27 bits per heavy atom. The van der Waals surface area contributed by atoms with Crippen LogP contribution in [0.15, 0.2) is 35.5 Å². The van der Waals surface area contributed by atoms with E-state index in [2.05, 4.69) is 10.3 Å². The monoisotopic (exact) mass is 299 g/mol. The van der Waals surface area contributed by atoms with Crippen LogP contribution in [0.5, 0.6) is 0 Å². The highest BCUT2D eigenvalue weighted by Gasteiger charge is 2.19. The molecule has 0 bridgehead atoms. The maximum Gasteiger partial charge on any atom is 0.272 e. The van der Waals surface area contributed by atoms with Crippen molar-refractivity contribution in [3.05, 3.63) is 52.2 Å². The van der Waals surface area contributed by atoms with Gasteiger partial charge in [-0.3, -0.25) is 9.59 Å². The van der Waals surface area contributed by atoms with Crippen LogP contribution in [0.4, 0.5) is 5.69 Å². The Balaban J connectivity index is 1.70. The topological polar surface area (TPSA) is 66.9 Å². The maximum absolute atomic E-state index is 12.3. The molecule has 3 rings (SSSR count). The molecule has 0 saturated heterocycles. The third-order valence-corrected chi connectivity index (χ3v) is 4.33. The highest BCUT2D eigenvalue weighted by atomic mass is 16.2. The molecule has 0 atom stereocenters. The predicted molar refractivity (Wildman–Crippen MR) is 86.2 cm³/mol. The summed E-state index contributed by atoms with van der Waals surface area (Å²) < 4.78 is 1.85. The van der Waals surface area contributed by atoms with Gasteiger partial charge < -0.3 is 14.9 Å². The third-order valence-electron chi connectivity index (χ3n) is 4.33. The SMILES string of the molecule is CCn1ccc(=O)c(NC(=O)c2cc(CC3CCC3)c[nH]2)c1. The summed E-state index contributed by atoms with van der Waals surface area (Å²) in [4.78, 5) is 27.1. The molecule has 0 spiro atoms. The van der Waals surface area contributed by atoms with Crippen LogP contribution in [0.2, 0.25) is 0 Å². The third kappa shape index (κ3) is 3.13. The number of amides is 1. The van der Waals surface area contributed by atoms with Gasteiger partial charge in [0.25, 0.3) is 5.91 Å². The van der Waals surface area contributed by atoms with Crippen molar-refractivity contribution in [2.24, 2.45) is 5.92 Å². The average Bonchev–Trinajstić information content (AvgIpc) is 2.94. The Bertz CT molecular complexity index is 726. The van der Waals surface area contributed by atoms with E-state index < -0.39 is 0 Å².